The van der Waals surface area contributed by atoms with Crippen molar-refractivity contribution in [2.75, 3.05) is 0 Å². The van der Waals surface area contributed by atoms with Gasteiger partial charge in [-0.2, -0.15) is 0 Å². The molecule has 0 spiro atoms. The fourth-order valence-corrected chi connectivity index (χ4v) is 5.59. The van der Waals surface area contributed by atoms with Crippen molar-refractivity contribution in [1.29, 1.82) is 0 Å². The molecular formula is C41H25N3O. The minimum atomic E-state index is -0.564. The summed E-state index contributed by atoms with van der Waals surface area (Å²) in [4.78, 5) is 14.4. The first-order valence-corrected chi connectivity index (χ1v) is 13.9. The molecule has 0 radical (unpaired) electrons. The molecule has 0 amide bonds. The summed E-state index contributed by atoms with van der Waals surface area (Å²) in [6.45, 7) is 0. The van der Waals surface area contributed by atoms with Crippen LogP contribution in [0.3, 0.4) is 0 Å². The monoisotopic (exact) mass is 589 g/mol. The first-order valence-electron chi connectivity index (χ1n) is 20.9. The average molecular weight is 590 g/mol. The zero-order valence-electron chi connectivity index (χ0n) is 37.1. The van der Waals surface area contributed by atoms with E-state index < -0.39 is 84.6 Å². The Balaban J connectivity index is 1.38. The van der Waals surface area contributed by atoms with Crippen molar-refractivity contribution < 1.29 is 23.6 Å². The first-order chi connectivity index (χ1) is 28.1. The molecule has 0 N–H and O–H groups in total. The lowest BCUT2D eigenvalue weighted by Gasteiger charge is -2.14. The molecule has 0 atom stereocenters. The number of benzene rings is 7. The van der Waals surface area contributed by atoms with Gasteiger partial charge >= 0.3 is 0 Å². The third kappa shape index (κ3) is 4.19. The molecule has 210 valence electrons. The number of hydrogen-bond donors (Lipinski definition) is 0. The van der Waals surface area contributed by atoms with Crippen molar-refractivity contribution >= 4 is 43.5 Å². The molecule has 0 aliphatic heterocycles. The van der Waals surface area contributed by atoms with Gasteiger partial charge in [-0.1, -0.05) is 139 Å². The highest BCUT2D eigenvalue weighted by Gasteiger charge is 2.19. The van der Waals surface area contributed by atoms with Crippen LogP contribution in [0, 0.1) is 0 Å². The fraction of sp³-hybridized carbons (Fsp3) is 0. The van der Waals surface area contributed by atoms with E-state index in [0.29, 0.717) is 27.5 Å². The van der Waals surface area contributed by atoms with Gasteiger partial charge in [-0.15, -0.1) is 0 Å². The SMILES string of the molecule is [2H]c1c([2H])c([2H])c2c(oc3c([2H])c([2H])c([2H])c(-c4nc(-c5ccccc5)nc(-c5cccc6c(-c7c([2H])c([2H])c([2H])c8c([2H])c([2H])c([2H])c([2H])c78)cccc56)n4)c32)c1[2H]. The van der Waals surface area contributed by atoms with E-state index in [9.17, 15) is 0 Å². The van der Waals surface area contributed by atoms with Crippen LogP contribution < -0.4 is 0 Å². The smallest absolute Gasteiger partial charge is 0.164 e. The van der Waals surface area contributed by atoms with E-state index in [1.807, 2.05) is 0 Å². The quantitative estimate of drug-likeness (QED) is 0.205. The van der Waals surface area contributed by atoms with E-state index in [0.717, 1.165) is 0 Å². The standard InChI is InChI=1S/C41H25N3O/c1-2-13-27(14-3-1)39-42-40(44-41(43-39)35-23-11-25-37-38(35)34-17-6-7-24-36(34)45-37)33-22-10-20-31-30(19-9-21-32(31)33)29-18-8-15-26-12-4-5-16-28(26)29/h1-25H/i4D,5D,6D,7D,8D,11D,12D,15D,16D,17D,18D,23D,24D,25D. The number of para-hydroxylation sites is 1. The van der Waals surface area contributed by atoms with Gasteiger partial charge in [0.15, 0.2) is 17.5 Å². The van der Waals surface area contributed by atoms with Crippen LogP contribution >= 0.6 is 0 Å². The largest absolute Gasteiger partial charge is 0.456 e. The molecule has 2 aromatic heterocycles. The van der Waals surface area contributed by atoms with Crippen LogP contribution in [0.25, 0.3) is 88.8 Å². The van der Waals surface area contributed by atoms with Crippen LogP contribution in [0.2, 0.25) is 0 Å². The zero-order chi connectivity index (χ0) is 41.9. The molecule has 9 rings (SSSR count). The second kappa shape index (κ2) is 10.2. The van der Waals surface area contributed by atoms with E-state index >= 15 is 0 Å². The van der Waals surface area contributed by atoms with Gasteiger partial charge in [0.05, 0.1) is 19.2 Å². The van der Waals surface area contributed by atoms with Gasteiger partial charge in [0, 0.05) is 27.5 Å². The van der Waals surface area contributed by atoms with E-state index in [1.54, 1.807) is 66.7 Å². The Bertz CT molecular complexity index is 3330. The topological polar surface area (TPSA) is 51.8 Å². The van der Waals surface area contributed by atoms with Gasteiger partial charge in [0.2, 0.25) is 0 Å². The Labute approximate surface area is 279 Å². The Hall–Kier alpha value is -6.13. The Morgan fingerprint density at radius 1 is 0.422 bits per heavy atom. The third-order valence-corrected chi connectivity index (χ3v) is 7.58. The number of fused-ring (bicyclic) bond motifs is 5. The molecule has 45 heavy (non-hydrogen) atoms. The maximum absolute atomic E-state index is 9.13. The first kappa shape index (κ1) is 15.0. The van der Waals surface area contributed by atoms with Crippen LogP contribution in [0.15, 0.2) is 156 Å². The molecule has 4 nitrogen and oxygen atoms in total. The molecule has 2 heterocycles. The van der Waals surface area contributed by atoms with Gasteiger partial charge in [-0.05, 0) is 44.8 Å². The summed E-state index contributed by atoms with van der Waals surface area (Å²) >= 11 is 0. The number of hydrogen-bond acceptors (Lipinski definition) is 4. The molecule has 4 heteroatoms. The molecule has 0 fully saturated rings. The summed E-state index contributed by atoms with van der Waals surface area (Å²) < 4.78 is 127. The van der Waals surface area contributed by atoms with Crippen LogP contribution in [0.5, 0.6) is 0 Å². The second-order valence-corrected chi connectivity index (χ2v) is 10.1. The number of furan rings is 1. The predicted molar refractivity (Wildman–Crippen MR) is 184 cm³/mol. The summed E-state index contributed by atoms with van der Waals surface area (Å²) in [5.74, 6) is 0.0599. The molecule has 0 aliphatic carbocycles. The van der Waals surface area contributed by atoms with E-state index in [2.05, 4.69) is 0 Å². The summed E-state index contributed by atoms with van der Waals surface area (Å²) in [5, 5.41) is 0.590. The lowest BCUT2D eigenvalue weighted by molar-refractivity contribution is 0.669. The zero-order valence-corrected chi connectivity index (χ0v) is 23.1. The molecule has 0 unspecified atom stereocenters. The highest BCUT2D eigenvalue weighted by atomic mass is 16.3. The number of aromatic nitrogens is 3. The van der Waals surface area contributed by atoms with Crippen molar-refractivity contribution in [1.82, 2.24) is 15.0 Å². The highest BCUT2D eigenvalue weighted by Crippen LogP contribution is 2.39. The van der Waals surface area contributed by atoms with Crippen LogP contribution in [0.1, 0.15) is 19.2 Å². The molecule has 0 bridgehead atoms. The Kier molecular flexibility index (Phi) is 3.43. The van der Waals surface area contributed by atoms with Crippen molar-refractivity contribution in [2.45, 2.75) is 0 Å². The minimum absolute atomic E-state index is 0.0353. The number of nitrogens with zero attached hydrogens (tertiary/aromatic N) is 3. The lowest BCUT2D eigenvalue weighted by atomic mass is 9.92. The normalized spacial score (nSPS) is 15.9. The highest BCUT2D eigenvalue weighted by molar-refractivity contribution is 6.12. The second-order valence-electron chi connectivity index (χ2n) is 10.1. The molecule has 0 saturated carbocycles. The summed E-state index contributed by atoms with van der Waals surface area (Å²) in [6.07, 6.45) is 0. The van der Waals surface area contributed by atoms with Crippen molar-refractivity contribution in [3.05, 3.63) is 151 Å². The summed E-state index contributed by atoms with van der Waals surface area (Å²) in [5.41, 5.74) is 0.708. The molecule has 7 aromatic carbocycles. The van der Waals surface area contributed by atoms with Gasteiger partial charge in [0.25, 0.3) is 0 Å². The van der Waals surface area contributed by atoms with Gasteiger partial charge in [0.1, 0.15) is 11.2 Å². The van der Waals surface area contributed by atoms with Gasteiger partial charge < -0.3 is 4.42 Å². The van der Waals surface area contributed by atoms with Crippen molar-refractivity contribution in [3.8, 4) is 45.3 Å². The molecular weight excluding hydrogens is 550 g/mol. The maximum Gasteiger partial charge on any atom is 0.164 e. The van der Waals surface area contributed by atoms with E-state index in [1.165, 1.54) is 0 Å². The van der Waals surface area contributed by atoms with Gasteiger partial charge in [-0.25, -0.2) is 15.0 Å². The van der Waals surface area contributed by atoms with Crippen LogP contribution in [0.4, 0.5) is 0 Å². The average Bonchev–Trinajstić information content (AvgIpc) is 3.65. The number of rotatable bonds is 4. The fourth-order valence-electron chi connectivity index (χ4n) is 5.59. The van der Waals surface area contributed by atoms with E-state index in [-0.39, 0.29) is 61.3 Å². The Morgan fingerprint density at radius 2 is 1.04 bits per heavy atom. The summed E-state index contributed by atoms with van der Waals surface area (Å²) in [6, 6.07) is 12.0. The predicted octanol–water partition coefficient (Wildman–Crippen LogP) is 10.7. The molecule has 0 saturated heterocycles. The van der Waals surface area contributed by atoms with Crippen LogP contribution in [-0.2, 0) is 0 Å². The summed E-state index contributed by atoms with van der Waals surface area (Å²) in [7, 11) is 0. The lowest BCUT2D eigenvalue weighted by Crippen LogP contribution is -2.01. The maximum atomic E-state index is 9.13. The van der Waals surface area contributed by atoms with E-state index in [4.69, 9.17) is 38.6 Å². The molecule has 9 aromatic rings. The minimum Gasteiger partial charge on any atom is -0.456 e. The Morgan fingerprint density at radius 3 is 1.91 bits per heavy atom. The molecule has 0 aliphatic rings. The van der Waals surface area contributed by atoms with Crippen molar-refractivity contribution in [2.24, 2.45) is 0 Å². The third-order valence-electron chi connectivity index (χ3n) is 7.58. The van der Waals surface area contributed by atoms with Gasteiger partial charge in [-0.3, -0.25) is 0 Å². The van der Waals surface area contributed by atoms with Crippen molar-refractivity contribution in [3.63, 3.8) is 0 Å². The van der Waals surface area contributed by atoms with Crippen LogP contribution in [-0.4, -0.2) is 15.0 Å².